The molecule has 0 bridgehead atoms. The third-order valence-corrected chi connectivity index (χ3v) is 2.19. The Morgan fingerprint density at radius 2 is 2.12 bits per heavy atom. The van der Waals surface area contributed by atoms with E-state index in [0.29, 0.717) is 10.8 Å². The summed E-state index contributed by atoms with van der Waals surface area (Å²) in [6.07, 6.45) is 1.01. The molecule has 17 heavy (non-hydrogen) atoms. The van der Waals surface area contributed by atoms with Crippen LogP contribution in [0.5, 0.6) is 11.5 Å². The molecule has 0 spiro atoms. The molecule has 0 aromatic heterocycles. The first-order chi connectivity index (χ1) is 8.12. The molecule has 0 amide bonds. The van der Waals surface area contributed by atoms with Gasteiger partial charge in [0.15, 0.2) is 0 Å². The molecule has 0 radical (unpaired) electrons. The third-order valence-electron chi connectivity index (χ3n) is 1.90. The average Bonchev–Trinajstić information content (AvgIpc) is 2.36. The first kappa shape index (κ1) is 13.2. The van der Waals surface area contributed by atoms with E-state index in [1.807, 2.05) is 0 Å². The van der Waals surface area contributed by atoms with Crippen LogP contribution in [0.25, 0.3) is 0 Å². The number of rotatable bonds is 4. The summed E-state index contributed by atoms with van der Waals surface area (Å²) < 4.78 is 14.7. The quantitative estimate of drug-likeness (QED) is 0.505. The van der Waals surface area contributed by atoms with E-state index in [-0.39, 0.29) is 11.5 Å². The lowest BCUT2D eigenvalue weighted by molar-refractivity contribution is -0.138. The molecule has 0 atom stereocenters. The largest absolute Gasteiger partial charge is 0.497 e. The highest BCUT2D eigenvalue weighted by Gasteiger charge is 2.13. The standard InChI is InChI=1S/C11H12ClNO4/c1-15-7-3-4-9(8(12)5-7)17-10(6-13)11(14)16-2/h3-6H,13H2,1-2H3/b10-6-. The SMILES string of the molecule is COC(=O)/C(=C/N)Oc1ccc(OC)cc1Cl. The van der Waals surface area contributed by atoms with Gasteiger partial charge in [0.25, 0.3) is 0 Å². The second-order valence-corrected chi connectivity index (χ2v) is 3.33. The van der Waals surface area contributed by atoms with Crippen molar-refractivity contribution >= 4 is 17.6 Å². The number of hydrogen-bond donors (Lipinski definition) is 1. The van der Waals surface area contributed by atoms with Gasteiger partial charge in [-0.3, -0.25) is 0 Å². The monoisotopic (exact) mass is 257 g/mol. The van der Waals surface area contributed by atoms with Gasteiger partial charge in [-0.15, -0.1) is 0 Å². The zero-order chi connectivity index (χ0) is 12.8. The number of carbonyl (C=O) groups is 1. The van der Waals surface area contributed by atoms with Crippen molar-refractivity contribution in [3.63, 3.8) is 0 Å². The first-order valence-electron chi connectivity index (χ1n) is 4.64. The Kier molecular flexibility index (Phi) is 4.66. The van der Waals surface area contributed by atoms with Crippen LogP contribution in [0, 0.1) is 0 Å². The molecule has 6 heteroatoms. The predicted molar refractivity (Wildman–Crippen MR) is 62.9 cm³/mol. The first-order valence-corrected chi connectivity index (χ1v) is 5.01. The molecule has 5 nitrogen and oxygen atoms in total. The van der Waals surface area contributed by atoms with Crippen molar-refractivity contribution in [2.24, 2.45) is 5.73 Å². The van der Waals surface area contributed by atoms with E-state index < -0.39 is 5.97 Å². The number of ether oxygens (including phenoxy) is 3. The molecule has 1 rings (SSSR count). The van der Waals surface area contributed by atoms with E-state index in [2.05, 4.69) is 4.74 Å². The molecule has 0 fully saturated rings. The summed E-state index contributed by atoms with van der Waals surface area (Å²) in [7, 11) is 2.75. The molecule has 0 aliphatic rings. The Labute approximate surface area is 104 Å². The maximum Gasteiger partial charge on any atom is 0.375 e. The van der Waals surface area contributed by atoms with Crippen LogP contribution in [0.2, 0.25) is 5.02 Å². The molecule has 0 aliphatic heterocycles. The Morgan fingerprint density at radius 1 is 1.41 bits per heavy atom. The van der Waals surface area contributed by atoms with E-state index in [1.54, 1.807) is 18.2 Å². The molecule has 0 saturated carbocycles. The summed E-state index contributed by atoms with van der Waals surface area (Å²) in [4.78, 5) is 11.2. The second kappa shape index (κ2) is 6.00. The topological polar surface area (TPSA) is 70.8 Å². The molecule has 0 unspecified atom stereocenters. The second-order valence-electron chi connectivity index (χ2n) is 2.92. The zero-order valence-corrected chi connectivity index (χ0v) is 10.2. The van der Waals surface area contributed by atoms with Gasteiger partial charge >= 0.3 is 5.97 Å². The van der Waals surface area contributed by atoms with Gasteiger partial charge in [-0.1, -0.05) is 11.6 Å². The van der Waals surface area contributed by atoms with Crippen LogP contribution in [0.1, 0.15) is 0 Å². The van der Waals surface area contributed by atoms with Crippen LogP contribution >= 0.6 is 11.6 Å². The van der Waals surface area contributed by atoms with Gasteiger partial charge in [0.05, 0.1) is 19.2 Å². The fourth-order valence-corrected chi connectivity index (χ4v) is 1.26. The zero-order valence-electron chi connectivity index (χ0n) is 9.40. The van der Waals surface area contributed by atoms with E-state index in [0.717, 1.165) is 6.20 Å². The number of nitrogens with two attached hydrogens (primary N) is 1. The highest BCUT2D eigenvalue weighted by Crippen LogP contribution is 2.29. The average molecular weight is 258 g/mol. The minimum atomic E-state index is -0.681. The summed E-state index contributed by atoms with van der Waals surface area (Å²) in [6, 6.07) is 4.77. The Balaban J connectivity index is 2.91. The summed E-state index contributed by atoms with van der Waals surface area (Å²) in [5, 5.41) is 0.299. The van der Waals surface area contributed by atoms with Gasteiger partial charge in [-0.05, 0) is 12.1 Å². The number of hydrogen-bond acceptors (Lipinski definition) is 5. The summed E-state index contributed by atoms with van der Waals surface area (Å²) in [5.41, 5.74) is 5.25. The van der Waals surface area contributed by atoms with Crippen molar-refractivity contribution in [3.8, 4) is 11.5 Å². The lowest BCUT2D eigenvalue weighted by Crippen LogP contribution is -2.12. The smallest absolute Gasteiger partial charge is 0.375 e. The number of methoxy groups -OCH3 is 2. The molecule has 0 aliphatic carbocycles. The van der Waals surface area contributed by atoms with Crippen molar-refractivity contribution in [3.05, 3.63) is 35.2 Å². The Bertz CT molecular complexity index is 445. The van der Waals surface area contributed by atoms with Crippen LogP contribution < -0.4 is 15.2 Å². The number of benzene rings is 1. The normalized spacial score (nSPS) is 10.9. The minimum absolute atomic E-state index is 0.139. The molecule has 1 aromatic rings. The van der Waals surface area contributed by atoms with E-state index in [9.17, 15) is 4.79 Å². The van der Waals surface area contributed by atoms with Crippen molar-refractivity contribution < 1.29 is 19.0 Å². The molecule has 0 saturated heterocycles. The summed E-state index contributed by atoms with van der Waals surface area (Å²) in [6.45, 7) is 0. The number of halogens is 1. The van der Waals surface area contributed by atoms with E-state index in [4.69, 9.17) is 26.8 Å². The third kappa shape index (κ3) is 3.29. The van der Waals surface area contributed by atoms with Crippen LogP contribution in [0.4, 0.5) is 0 Å². The number of esters is 1. The fourth-order valence-electron chi connectivity index (χ4n) is 1.05. The summed E-state index contributed by atoms with van der Waals surface area (Å²) >= 11 is 5.93. The highest BCUT2D eigenvalue weighted by atomic mass is 35.5. The molecular weight excluding hydrogens is 246 g/mol. The predicted octanol–water partition coefficient (Wildman–Crippen LogP) is 1.70. The maximum absolute atomic E-state index is 11.2. The molecule has 0 heterocycles. The van der Waals surface area contributed by atoms with Gasteiger partial charge in [0, 0.05) is 12.3 Å². The molecule has 2 N–H and O–H groups in total. The van der Waals surface area contributed by atoms with Crippen molar-refractivity contribution in [2.75, 3.05) is 14.2 Å². The maximum atomic E-state index is 11.2. The van der Waals surface area contributed by atoms with Crippen molar-refractivity contribution in [1.82, 2.24) is 0 Å². The van der Waals surface area contributed by atoms with Gasteiger partial charge in [-0.25, -0.2) is 4.79 Å². The van der Waals surface area contributed by atoms with Gasteiger partial charge in [0.1, 0.15) is 11.5 Å². The van der Waals surface area contributed by atoms with Gasteiger partial charge in [-0.2, -0.15) is 0 Å². The van der Waals surface area contributed by atoms with Gasteiger partial charge < -0.3 is 19.9 Å². The highest BCUT2D eigenvalue weighted by molar-refractivity contribution is 6.32. The molecule has 92 valence electrons. The van der Waals surface area contributed by atoms with E-state index in [1.165, 1.54) is 14.2 Å². The fraction of sp³-hybridized carbons (Fsp3) is 0.182. The van der Waals surface area contributed by atoms with Crippen LogP contribution in [-0.2, 0) is 9.53 Å². The molecule has 1 aromatic carbocycles. The van der Waals surface area contributed by atoms with Crippen molar-refractivity contribution in [2.45, 2.75) is 0 Å². The Hall–Kier alpha value is -1.88. The summed E-state index contributed by atoms with van der Waals surface area (Å²) in [5.74, 6) is 0.0483. The Morgan fingerprint density at radius 3 is 2.59 bits per heavy atom. The van der Waals surface area contributed by atoms with Crippen LogP contribution in [0.15, 0.2) is 30.2 Å². The van der Waals surface area contributed by atoms with Crippen LogP contribution in [-0.4, -0.2) is 20.2 Å². The minimum Gasteiger partial charge on any atom is -0.497 e. The number of carbonyl (C=O) groups excluding carboxylic acids is 1. The van der Waals surface area contributed by atoms with Crippen LogP contribution in [0.3, 0.4) is 0 Å². The molecular formula is C11H12ClNO4. The van der Waals surface area contributed by atoms with E-state index >= 15 is 0 Å². The lowest BCUT2D eigenvalue weighted by atomic mass is 10.3. The lowest BCUT2D eigenvalue weighted by Gasteiger charge is -2.09. The van der Waals surface area contributed by atoms with Crippen molar-refractivity contribution in [1.29, 1.82) is 0 Å². The van der Waals surface area contributed by atoms with Gasteiger partial charge in [0.2, 0.25) is 5.76 Å².